The number of aliphatic hydroxyl groups excluding tert-OH is 1. The van der Waals surface area contributed by atoms with Gasteiger partial charge in [0.25, 0.3) is 5.91 Å². The lowest BCUT2D eigenvalue weighted by Gasteiger charge is -2.36. The SMILES string of the molecule is O=C(c1ccccc1C(F)(F)F)N1CCN(CC(O)COc2ccc(Cl)cc2Cl)CC1. The molecule has 1 aliphatic rings. The van der Waals surface area contributed by atoms with Crippen molar-refractivity contribution in [1.29, 1.82) is 0 Å². The summed E-state index contributed by atoms with van der Waals surface area (Å²) in [5.74, 6) is -0.238. The van der Waals surface area contributed by atoms with Crippen molar-refractivity contribution < 1.29 is 27.8 Å². The van der Waals surface area contributed by atoms with Crippen molar-refractivity contribution in [2.24, 2.45) is 0 Å². The van der Waals surface area contributed by atoms with E-state index in [1.807, 2.05) is 4.90 Å². The first kappa shape index (κ1) is 23.7. The zero-order chi connectivity index (χ0) is 22.6. The lowest BCUT2D eigenvalue weighted by atomic mass is 10.1. The van der Waals surface area contributed by atoms with Gasteiger partial charge in [0, 0.05) is 37.7 Å². The molecule has 1 saturated heterocycles. The molecular formula is C21H21Cl2F3N2O3. The molecule has 1 unspecified atom stereocenters. The van der Waals surface area contributed by atoms with E-state index in [0.29, 0.717) is 35.4 Å². The number of carbonyl (C=O) groups excluding carboxylic acids is 1. The summed E-state index contributed by atoms with van der Waals surface area (Å²) < 4.78 is 45.1. The van der Waals surface area contributed by atoms with Gasteiger partial charge in [0.05, 0.1) is 16.1 Å². The Labute approximate surface area is 187 Å². The molecule has 0 aliphatic carbocycles. The third kappa shape index (κ3) is 6.26. The van der Waals surface area contributed by atoms with Crippen LogP contribution in [-0.4, -0.2) is 66.2 Å². The number of rotatable bonds is 6. The fraction of sp³-hybridized carbons (Fsp3) is 0.381. The Hall–Kier alpha value is -2.00. The molecule has 1 heterocycles. The van der Waals surface area contributed by atoms with Crippen molar-refractivity contribution in [2.75, 3.05) is 39.3 Å². The van der Waals surface area contributed by atoms with Gasteiger partial charge in [-0.05, 0) is 30.3 Å². The van der Waals surface area contributed by atoms with Gasteiger partial charge in [0.2, 0.25) is 0 Å². The molecule has 2 aromatic rings. The van der Waals surface area contributed by atoms with Crippen LogP contribution in [0, 0.1) is 0 Å². The Morgan fingerprint density at radius 3 is 2.42 bits per heavy atom. The van der Waals surface area contributed by atoms with Crippen LogP contribution in [0.1, 0.15) is 15.9 Å². The topological polar surface area (TPSA) is 53.0 Å². The number of halogens is 5. The summed E-state index contributed by atoms with van der Waals surface area (Å²) in [6, 6.07) is 9.56. The second-order valence-electron chi connectivity index (χ2n) is 7.18. The highest BCUT2D eigenvalue weighted by Gasteiger charge is 2.36. The highest BCUT2D eigenvalue weighted by Crippen LogP contribution is 2.32. The Kier molecular flexibility index (Phi) is 7.69. The zero-order valence-electron chi connectivity index (χ0n) is 16.4. The summed E-state index contributed by atoms with van der Waals surface area (Å²) >= 11 is 11.9. The Balaban J connectivity index is 1.50. The predicted octanol–water partition coefficient (Wildman–Crippen LogP) is 4.21. The first-order chi connectivity index (χ1) is 14.6. The molecule has 31 heavy (non-hydrogen) atoms. The third-order valence-corrected chi connectivity index (χ3v) is 5.45. The number of amides is 1. The van der Waals surface area contributed by atoms with Crippen molar-refractivity contribution in [3.8, 4) is 5.75 Å². The van der Waals surface area contributed by atoms with Crippen molar-refractivity contribution in [3.05, 3.63) is 63.6 Å². The van der Waals surface area contributed by atoms with Gasteiger partial charge in [0.15, 0.2) is 0 Å². The molecule has 1 N–H and O–H groups in total. The number of hydrogen-bond donors (Lipinski definition) is 1. The van der Waals surface area contributed by atoms with Gasteiger partial charge >= 0.3 is 6.18 Å². The van der Waals surface area contributed by atoms with Gasteiger partial charge in [-0.25, -0.2) is 0 Å². The average molecular weight is 477 g/mol. The number of benzene rings is 2. The highest BCUT2D eigenvalue weighted by molar-refractivity contribution is 6.35. The fourth-order valence-corrected chi connectivity index (χ4v) is 3.81. The molecule has 1 fully saturated rings. The number of piperazine rings is 1. The number of nitrogens with zero attached hydrogens (tertiary/aromatic N) is 2. The summed E-state index contributed by atoms with van der Waals surface area (Å²) in [6.07, 6.45) is -5.40. The summed E-state index contributed by atoms with van der Waals surface area (Å²) in [7, 11) is 0. The molecule has 1 aliphatic heterocycles. The molecule has 1 atom stereocenters. The molecule has 10 heteroatoms. The molecular weight excluding hydrogens is 456 g/mol. The van der Waals surface area contributed by atoms with Crippen LogP contribution in [0.2, 0.25) is 10.0 Å². The Bertz CT molecular complexity index is 919. The number of aliphatic hydroxyl groups is 1. The van der Waals surface area contributed by atoms with Crippen LogP contribution in [0.5, 0.6) is 5.75 Å². The van der Waals surface area contributed by atoms with Gasteiger partial charge in [-0.1, -0.05) is 35.3 Å². The van der Waals surface area contributed by atoms with Crippen molar-refractivity contribution >= 4 is 29.1 Å². The maximum absolute atomic E-state index is 13.2. The molecule has 0 bridgehead atoms. The predicted molar refractivity (Wildman–Crippen MR) is 112 cm³/mol. The lowest BCUT2D eigenvalue weighted by Crippen LogP contribution is -2.51. The van der Waals surface area contributed by atoms with E-state index in [0.717, 1.165) is 6.07 Å². The maximum Gasteiger partial charge on any atom is 0.417 e. The minimum Gasteiger partial charge on any atom is -0.489 e. The second kappa shape index (κ2) is 10.1. The second-order valence-corrected chi connectivity index (χ2v) is 8.02. The number of β-amino-alcohol motifs (C(OH)–C–C–N with tert-alkyl or cyclic N) is 1. The molecule has 168 valence electrons. The normalized spacial score (nSPS) is 16.3. The van der Waals surface area contributed by atoms with Crippen molar-refractivity contribution in [1.82, 2.24) is 9.80 Å². The minimum absolute atomic E-state index is 0.0133. The van der Waals surface area contributed by atoms with Crippen LogP contribution in [-0.2, 0) is 6.18 Å². The standard InChI is InChI=1S/C21H21Cl2F3N2O3/c22-14-5-6-19(18(23)11-14)31-13-15(29)12-27-7-9-28(10-8-27)20(30)16-3-1-2-4-17(16)21(24,25)26/h1-6,11,15,29H,7-10,12-13H2. The maximum atomic E-state index is 13.2. The Morgan fingerprint density at radius 2 is 1.77 bits per heavy atom. The quantitative estimate of drug-likeness (QED) is 0.678. The summed E-state index contributed by atoms with van der Waals surface area (Å²) in [5.41, 5.74) is -1.28. The van der Waals surface area contributed by atoms with Gasteiger partial charge in [-0.2, -0.15) is 13.2 Å². The van der Waals surface area contributed by atoms with Crippen LogP contribution in [0.4, 0.5) is 13.2 Å². The van der Waals surface area contributed by atoms with Gasteiger partial charge in [0.1, 0.15) is 18.5 Å². The molecule has 0 aromatic heterocycles. The van der Waals surface area contributed by atoms with E-state index < -0.39 is 23.8 Å². The van der Waals surface area contributed by atoms with Crippen molar-refractivity contribution in [3.63, 3.8) is 0 Å². The van der Waals surface area contributed by atoms with E-state index in [9.17, 15) is 23.1 Å². The highest BCUT2D eigenvalue weighted by atomic mass is 35.5. The van der Waals surface area contributed by atoms with E-state index in [-0.39, 0.29) is 25.3 Å². The minimum atomic E-state index is -4.59. The van der Waals surface area contributed by atoms with Crippen LogP contribution in [0.15, 0.2) is 42.5 Å². The van der Waals surface area contributed by atoms with Crippen molar-refractivity contribution in [2.45, 2.75) is 12.3 Å². The molecule has 2 aromatic carbocycles. The fourth-order valence-electron chi connectivity index (χ4n) is 3.35. The van der Waals surface area contributed by atoms with Gasteiger partial charge < -0.3 is 14.7 Å². The molecule has 0 radical (unpaired) electrons. The van der Waals surface area contributed by atoms with Gasteiger partial charge in [-0.3, -0.25) is 9.69 Å². The molecule has 0 spiro atoms. The molecule has 5 nitrogen and oxygen atoms in total. The smallest absolute Gasteiger partial charge is 0.417 e. The van der Waals surface area contributed by atoms with Crippen LogP contribution >= 0.6 is 23.2 Å². The first-order valence-corrected chi connectivity index (χ1v) is 10.3. The van der Waals surface area contributed by atoms with E-state index in [2.05, 4.69) is 0 Å². The summed E-state index contributed by atoms with van der Waals surface area (Å²) in [6.45, 7) is 1.70. The summed E-state index contributed by atoms with van der Waals surface area (Å²) in [4.78, 5) is 16.0. The van der Waals surface area contributed by atoms with Gasteiger partial charge in [-0.15, -0.1) is 0 Å². The number of ether oxygens (including phenoxy) is 1. The third-order valence-electron chi connectivity index (χ3n) is 4.92. The molecule has 1 amide bonds. The van der Waals surface area contributed by atoms with Crippen LogP contribution < -0.4 is 4.74 Å². The van der Waals surface area contributed by atoms with Crippen LogP contribution in [0.3, 0.4) is 0 Å². The van der Waals surface area contributed by atoms with E-state index in [1.165, 1.54) is 29.2 Å². The van der Waals surface area contributed by atoms with E-state index >= 15 is 0 Å². The zero-order valence-corrected chi connectivity index (χ0v) is 17.9. The lowest BCUT2D eigenvalue weighted by molar-refractivity contribution is -0.138. The largest absolute Gasteiger partial charge is 0.489 e. The summed E-state index contributed by atoms with van der Waals surface area (Å²) in [5, 5.41) is 11.1. The average Bonchev–Trinajstić information content (AvgIpc) is 2.72. The Morgan fingerprint density at radius 1 is 1.10 bits per heavy atom. The number of hydrogen-bond acceptors (Lipinski definition) is 4. The number of alkyl halides is 3. The molecule has 0 saturated carbocycles. The number of carbonyl (C=O) groups is 1. The first-order valence-electron chi connectivity index (χ1n) is 9.59. The van der Waals surface area contributed by atoms with E-state index in [4.69, 9.17) is 27.9 Å². The molecule has 3 rings (SSSR count). The monoisotopic (exact) mass is 476 g/mol. The van der Waals surface area contributed by atoms with Crippen LogP contribution in [0.25, 0.3) is 0 Å². The van der Waals surface area contributed by atoms with E-state index in [1.54, 1.807) is 12.1 Å².